The van der Waals surface area contributed by atoms with Gasteiger partial charge in [0.1, 0.15) is 36.6 Å². The highest BCUT2D eigenvalue weighted by Crippen LogP contribution is 2.25. The van der Waals surface area contributed by atoms with Gasteiger partial charge >= 0.3 is 18.2 Å². The summed E-state index contributed by atoms with van der Waals surface area (Å²) in [6.45, 7) is 9.18. The Morgan fingerprint density at radius 1 is 0.956 bits per heavy atom. The Balaban J connectivity index is 1.85. The SMILES string of the molecule is COc1ccc(COc2nc(NC(=O)OC(C)(C)C)nc3c2ncn3CC(=O)N(CCNC(=O)OC(C)(C)C)CC(=O)O)cc1. The Morgan fingerprint density at radius 2 is 1.60 bits per heavy atom. The van der Waals surface area contributed by atoms with Crippen molar-refractivity contribution in [3.05, 3.63) is 36.2 Å². The molecule has 244 valence electrons. The lowest BCUT2D eigenvalue weighted by atomic mass is 10.2. The van der Waals surface area contributed by atoms with Crippen molar-refractivity contribution < 1.29 is 43.2 Å². The number of nitrogens with zero attached hydrogens (tertiary/aromatic N) is 5. The first kappa shape index (κ1) is 34.3. The quantitative estimate of drug-likeness (QED) is 0.265. The van der Waals surface area contributed by atoms with E-state index < -0.39 is 41.8 Å². The third kappa shape index (κ3) is 11.1. The van der Waals surface area contributed by atoms with E-state index in [2.05, 4.69) is 25.6 Å². The number of hydrogen-bond donors (Lipinski definition) is 3. The topological polar surface area (TPSA) is 196 Å². The number of nitrogens with one attached hydrogen (secondary N) is 2. The van der Waals surface area contributed by atoms with Crippen LogP contribution < -0.4 is 20.1 Å². The first-order valence-corrected chi connectivity index (χ1v) is 14.0. The van der Waals surface area contributed by atoms with Gasteiger partial charge in [-0.15, -0.1) is 0 Å². The molecule has 0 bridgehead atoms. The fraction of sp³-hybridized carbons (Fsp3) is 0.483. The molecule has 0 atom stereocenters. The molecule has 3 N–H and O–H groups in total. The summed E-state index contributed by atoms with van der Waals surface area (Å²) in [5.74, 6) is -1.30. The van der Waals surface area contributed by atoms with Crippen LogP contribution in [0.5, 0.6) is 11.6 Å². The van der Waals surface area contributed by atoms with E-state index in [-0.39, 0.29) is 49.2 Å². The van der Waals surface area contributed by atoms with Crippen LogP contribution in [0, 0.1) is 0 Å². The molecule has 3 aromatic rings. The molecular formula is C29H39N7O9. The van der Waals surface area contributed by atoms with E-state index in [0.717, 1.165) is 10.5 Å². The molecule has 45 heavy (non-hydrogen) atoms. The molecule has 2 aromatic heterocycles. The van der Waals surface area contributed by atoms with Gasteiger partial charge in [-0.2, -0.15) is 9.97 Å². The fourth-order valence-electron chi connectivity index (χ4n) is 3.77. The monoisotopic (exact) mass is 629 g/mol. The van der Waals surface area contributed by atoms with Gasteiger partial charge in [0.05, 0.1) is 13.4 Å². The maximum absolute atomic E-state index is 13.3. The molecule has 3 rings (SSSR count). The molecule has 16 nitrogen and oxygen atoms in total. The average molecular weight is 630 g/mol. The molecule has 0 aliphatic carbocycles. The third-order valence-corrected chi connectivity index (χ3v) is 5.61. The largest absolute Gasteiger partial charge is 0.497 e. The lowest BCUT2D eigenvalue weighted by molar-refractivity contribution is -0.144. The second-order valence-electron chi connectivity index (χ2n) is 11.8. The minimum atomic E-state index is -1.24. The number of hydrogen-bond acceptors (Lipinski definition) is 11. The van der Waals surface area contributed by atoms with Crippen molar-refractivity contribution >= 4 is 41.2 Å². The number of aliphatic carboxylic acids is 1. The van der Waals surface area contributed by atoms with Gasteiger partial charge in [0.25, 0.3) is 0 Å². The molecule has 1 aromatic carbocycles. The normalized spacial score (nSPS) is 11.4. The smallest absolute Gasteiger partial charge is 0.414 e. The first-order valence-electron chi connectivity index (χ1n) is 14.0. The zero-order valence-corrected chi connectivity index (χ0v) is 26.4. The Kier molecular flexibility index (Phi) is 11.1. The summed E-state index contributed by atoms with van der Waals surface area (Å²) in [6, 6.07) is 7.16. The number of carbonyl (C=O) groups is 4. The molecule has 0 radical (unpaired) electrons. The lowest BCUT2D eigenvalue weighted by Crippen LogP contribution is -2.43. The van der Waals surface area contributed by atoms with Crippen LogP contribution in [-0.2, 0) is 32.2 Å². The van der Waals surface area contributed by atoms with Gasteiger partial charge < -0.3 is 38.8 Å². The number of amides is 3. The predicted molar refractivity (Wildman–Crippen MR) is 161 cm³/mol. The van der Waals surface area contributed by atoms with Crippen molar-refractivity contribution in [3.8, 4) is 11.6 Å². The van der Waals surface area contributed by atoms with E-state index in [1.807, 2.05) is 12.1 Å². The second-order valence-corrected chi connectivity index (χ2v) is 11.8. The van der Waals surface area contributed by atoms with E-state index >= 15 is 0 Å². The lowest BCUT2D eigenvalue weighted by Gasteiger charge is -2.23. The minimum Gasteiger partial charge on any atom is -0.497 e. The van der Waals surface area contributed by atoms with Crippen LogP contribution in [0.1, 0.15) is 47.1 Å². The van der Waals surface area contributed by atoms with Crippen molar-refractivity contribution in [2.45, 2.75) is 65.9 Å². The van der Waals surface area contributed by atoms with Gasteiger partial charge in [0.15, 0.2) is 11.2 Å². The maximum Gasteiger partial charge on any atom is 0.414 e. The molecule has 0 spiro atoms. The summed E-state index contributed by atoms with van der Waals surface area (Å²) in [6.07, 6.45) is -0.183. The van der Waals surface area contributed by atoms with Crippen molar-refractivity contribution in [2.75, 3.05) is 32.1 Å². The maximum atomic E-state index is 13.3. The Morgan fingerprint density at radius 3 is 2.20 bits per heavy atom. The highest BCUT2D eigenvalue weighted by molar-refractivity contribution is 5.86. The van der Waals surface area contributed by atoms with Gasteiger partial charge in [0.2, 0.25) is 17.7 Å². The number of carboxylic acid groups (broad SMARTS) is 1. The predicted octanol–water partition coefficient (Wildman–Crippen LogP) is 3.20. The standard InChI is InChI=1S/C29H39N7O9/c1-28(2,3)44-26(40)30-12-13-35(15-21(38)39)20(37)14-36-17-31-22-23(36)32-25(34-27(41)45-29(4,5)6)33-24(22)43-16-18-8-10-19(42-7)11-9-18/h8-11,17H,12-16H2,1-7H3,(H,30,40)(H,38,39)(H,32,33,34,41). The van der Waals surface area contributed by atoms with Crippen molar-refractivity contribution in [1.29, 1.82) is 0 Å². The highest BCUT2D eigenvalue weighted by Gasteiger charge is 2.23. The summed E-state index contributed by atoms with van der Waals surface area (Å²) in [5, 5.41) is 14.4. The number of benzene rings is 1. The van der Waals surface area contributed by atoms with E-state index in [0.29, 0.717) is 5.75 Å². The molecule has 0 saturated heterocycles. The van der Waals surface area contributed by atoms with E-state index in [1.54, 1.807) is 60.8 Å². The summed E-state index contributed by atoms with van der Waals surface area (Å²) in [4.78, 5) is 63.3. The molecule has 3 amide bonds. The summed E-state index contributed by atoms with van der Waals surface area (Å²) >= 11 is 0. The Labute approximate surface area is 260 Å². The molecule has 0 unspecified atom stereocenters. The number of alkyl carbamates (subject to hydrolysis) is 1. The molecule has 2 heterocycles. The number of ether oxygens (including phenoxy) is 4. The molecule has 16 heteroatoms. The first-order chi connectivity index (χ1) is 21.0. The molecule has 0 fully saturated rings. The zero-order chi connectivity index (χ0) is 33.4. The van der Waals surface area contributed by atoms with Gasteiger partial charge in [-0.3, -0.25) is 14.9 Å². The molecular weight excluding hydrogens is 590 g/mol. The van der Waals surface area contributed by atoms with E-state index in [4.69, 9.17) is 18.9 Å². The van der Waals surface area contributed by atoms with Crippen LogP contribution in [-0.4, -0.2) is 91.5 Å². The number of imidazole rings is 1. The van der Waals surface area contributed by atoms with Crippen LogP contribution in [0.4, 0.5) is 15.5 Å². The van der Waals surface area contributed by atoms with Crippen LogP contribution in [0.2, 0.25) is 0 Å². The molecule has 0 saturated carbocycles. The fourth-order valence-corrected chi connectivity index (χ4v) is 3.77. The Bertz CT molecular complexity index is 1510. The number of aromatic nitrogens is 4. The van der Waals surface area contributed by atoms with Crippen molar-refractivity contribution in [3.63, 3.8) is 0 Å². The number of carboxylic acids is 1. The van der Waals surface area contributed by atoms with Crippen LogP contribution in [0.3, 0.4) is 0 Å². The summed E-state index contributed by atoms with van der Waals surface area (Å²) in [7, 11) is 1.56. The number of fused-ring (bicyclic) bond motifs is 1. The molecule has 0 aliphatic rings. The van der Waals surface area contributed by atoms with Crippen LogP contribution in [0.25, 0.3) is 11.2 Å². The highest BCUT2D eigenvalue weighted by atomic mass is 16.6. The molecule has 0 aliphatic heterocycles. The van der Waals surface area contributed by atoms with Crippen molar-refractivity contribution in [2.24, 2.45) is 0 Å². The third-order valence-electron chi connectivity index (χ3n) is 5.61. The van der Waals surface area contributed by atoms with Gasteiger partial charge in [-0.25, -0.2) is 14.6 Å². The second kappa shape index (κ2) is 14.5. The summed E-state index contributed by atoms with van der Waals surface area (Å²) < 4.78 is 23.0. The van der Waals surface area contributed by atoms with E-state index in [1.165, 1.54) is 10.9 Å². The number of rotatable bonds is 12. The van der Waals surface area contributed by atoms with Gasteiger partial charge in [0, 0.05) is 13.1 Å². The zero-order valence-electron chi connectivity index (χ0n) is 26.4. The van der Waals surface area contributed by atoms with Crippen LogP contribution in [0.15, 0.2) is 30.6 Å². The number of anilines is 1. The Hall–Kier alpha value is -5.15. The van der Waals surface area contributed by atoms with Crippen molar-refractivity contribution in [1.82, 2.24) is 29.7 Å². The number of methoxy groups -OCH3 is 1. The van der Waals surface area contributed by atoms with Gasteiger partial charge in [-0.1, -0.05) is 12.1 Å². The van der Waals surface area contributed by atoms with Gasteiger partial charge in [-0.05, 0) is 59.2 Å². The average Bonchev–Trinajstić information content (AvgIpc) is 3.31. The van der Waals surface area contributed by atoms with Crippen LogP contribution >= 0.6 is 0 Å². The summed E-state index contributed by atoms with van der Waals surface area (Å²) in [5.41, 5.74) is -0.386. The minimum absolute atomic E-state index is 0.0250. The van der Waals surface area contributed by atoms with E-state index in [9.17, 15) is 24.3 Å². The number of carbonyl (C=O) groups excluding carboxylic acids is 3.